The lowest BCUT2D eigenvalue weighted by Gasteiger charge is -2.32. The van der Waals surface area contributed by atoms with E-state index in [1.165, 1.54) is 0 Å². The van der Waals surface area contributed by atoms with Crippen LogP contribution in [0.3, 0.4) is 0 Å². The van der Waals surface area contributed by atoms with Crippen molar-refractivity contribution in [2.45, 2.75) is 19.3 Å². The van der Waals surface area contributed by atoms with Crippen molar-refractivity contribution in [3.8, 4) is 0 Å². The number of rotatable bonds is 4. The van der Waals surface area contributed by atoms with Gasteiger partial charge in [0.15, 0.2) is 0 Å². The van der Waals surface area contributed by atoms with Crippen LogP contribution in [-0.2, 0) is 11.2 Å². The molecule has 1 amide bonds. The molecule has 1 saturated heterocycles. The van der Waals surface area contributed by atoms with Crippen LogP contribution in [0.1, 0.15) is 28.9 Å². The van der Waals surface area contributed by atoms with Crippen molar-refractivity contribution in [2.75, 3.05) is 13.1 Å². The molecule has 1 fully saturated rings. The first kappa shape index (κ1) is 17.4. The molecule has 0 spiro atoms. The minimum atomic E-state index is -0.0941. The number of carbonyl (C=O) groups is 2. The average Bonchev–Trinajstić information content (AvgIpc) is 2.73. The summed E-state index contributed by atoms with van der Waals surface area (Å²) in [5.74, 6) is 0.0338. The largest absolute Gasteiger partial charge is 0.337 e. The fourth-order valence-electron chi connectivity index (χ4n) is 3.71. The van der Waals surface area contributed by atoms with Gasteiger partial charge in [-0.2, -0.15) is 0 Å². The lowest BCUT2D eigenvalue weighted by atomic mass is 9.90. The molecule has 4 nitrogen and oxygen atoms in total. The maximum atomic E-state index is 12.9. The highest BCUT2D eigenvalue weighted by Gasteiger charge is 2.29. The third kappa shape index (κ3) is 3.90. The number of pyridine rings is 1. The van der Waals surface area contributed by atoms with Gasteiger partial charge < -0.3 is 4.90 Å². The van der Waals surface area contributed by atoms with Crippen LogP contribution >= 0.6 is 0 Å². The molecule has 0 unspecified atom stereocenters. The zero-order valence-corrected chi connectivity index (χ0v) is 15.2. The highest BCUT2D eigenvalue weighted by molar-refractivity contribution is 5.95. The average molecular weight is 358 g/mol. The van der Waals surface area contributed by atoms with Crippen molar-refractivity contribution >= 4 is 22.6 Å². The molecule has 0 radical (unpaired) electrons. The Morgan fingerprint density at radius 1 is 0.963 bits per heavy atom. The molecule has 0 aliphatic carbocycles. The third-order valence-corrected chi connectivity index (χ3v) is 5.20. The Hall–Kier alpha value is -3.01. The molecule has 4 heteroatoms. The fourth-order valence-corrected chi connectivity index (χ4v) is 3.71. The number of likely N-dealkylation sites (tertiary alicyclic amines) is 1. The monoisotopic (exact) mass is 358 g/mol. The topological polar surface area (TPSA) is 50.3 Å². The molecule has 2 aromatic carbocycles. The van der Waals surface area contributed by atoms with Crippen molar-refractivity contribution in [3.05, 3.63) is 78.0 Å². The summed E-state index contributed by atoms with van der Waals surface area (Å²) in [6, 6.07) is 21.3. The van der Waals surface area contributed by atoms with Gasteiger partial charge >= 0.3 is 0 Å². The molecule has 0 bridgehead atoms. The molecule has 1 atom stereocenters. The quantitative estimate of drug-likeness (QED) is 0.711. The predicted molar refractivity (Wildman–Crippen MR) is 106 cm³/mol. The van der Waals surface area contributed by atoms with E-state index in [2.05, 4.69) is 4.98 Å². The van der Waals surface area contributed by atoms with E-state index < -0.39 is 0 Å². The summed E-state index contributed by atoms with van der Waals surface area (Å²) in [6.07, 6.45) is 2.13. The number of ketones is 1. The number of aromatic nitrogens is 1. The van der Waals surface area contributed by atoms with Crippen LogP contribution in [0, 0.1) is 5.92 Å². The second-order valence-corrected chi connectivity index (χ2v) is 7.11. The van der Waals surface area contributed by atoms with E-state index in [1.807, 2.05) is 60.7 Å². The summed E-state index contributed by atoms with van der Waals surface area (Å²) >= 11 is 0. The van der Waals surface area contributed by atoms with Crippen LogP contribution in [0.5, 0.6) is 0 Å². The van der Waals surface area contributed by atoms with Crippen LogP contribution in [0.4, 0.5) is 0 Å². The first-order chi connectivity index (χ1) is 13.2. The summed E-state index contributed by atoms with van der Waals surface area (Å²) in [7, 11) is 0. The third-order valence-electron chi connectivity index (χ3n) is 5.20. The second-order valence-electron chi connectivity index (χ2n) is 7.11. The number of hydrogen-bond acceptors (Lipinski definition) is 3. The number of benzene rings is 2. The van der Waals surface area contributed by atoms with E-state index in [1.54, 1.807) is 11.0 Å². The highest BCUT2D eigenvalue weighted by Crippen LogP contribution is 2.21. The maximum absolute atomic E-state index is 12.9. The Kier molecular flexibility index (Phi) is 4.97. The zero-order chi connectivity index (χ0) is 18.6. The molecule has 1 aliphatic heterocycles. The highest BCUT2D eigenvalue weighted by atomic mass is 16.2. The van der Waals surface area contributed by atoms with E-state index >= 15 is 0 Å². The standard InChI is InChI=1S/C23H22N2O2/c26-22(15-17-7-2-1-3-8-17)19-10-6-14-25(16-19)23(27)21-13-12-18-9-4-5-11-20(18)24-21/h1-5,7-9,11-13,19H,6,10,14-16H2/t19-/m0/s1. The molecule has 136 valence electrons. The van der Waals surface area contributed by atoms with Gasteiger partial charge in [-0.25, -0.2) is 4.98 Å². The number of nitrogens with zero attached hydrogens (tertiary/aromatic N) is 2. The van der Waals surface area contributed by atoms with Gasteiger partial charge in [0.1, 0.15) is 11.5 Å². The molecule has 27 heavy (non-hydrogen) atoms. The number of piperidine rings is 1. The van der Waals surface area contributed by atoms with Gasteiger partial charge in [0.2, 0.25) is 0 Å². The van der Waals surface area contributed by atoms with Crippen LogP contribution in [0.2, 0.25) is 0 Å². The molecule has 4 rings (SSSR count). The van der Waals surface area contributed by atoms with Gasteiger partial charge in [-0.05, 0) is 30.5 Å². The van der Waals surface area contributed by atoms with Crippen molar-refractivity contribution in [2.24, 2.45) is 5.92 Å². The predicted octanol–water partition coefficient (Wildman–Crippen LogP) is 3.90. The molecule has 1 aliphatic rings. The number of para-hydroxylation sites is 1. The van der Waals surface area contributed by atoms with E-state index in [0.29, 0.717) is 25.2 Å². The molecular weight excluding hydrogens is 336 g/mol. The van der Waals surface area contributed by atoms with E-state index in [-0.39, 0.29) is 17.6 Å². The zero-order valence-electron chi connectivity index (χ0n) is 15.2. The maximum Gasteiger partial charge on any atom is 0.272 e. The Balaban J connectivity index is 1.46. The summed E-state index contributed by atoms with van der Waals surface area (Å²) in [5, 5.41) is 1.02. The number of hydrogen-bond donors (Lipinski definition) is 0. The molecule has 0 N–H and O–H groups in total. The van der Waals surface area contributed by atoms with Gasteiger partial charge in [0.05, 0.1) is 5.52 Å². The van der Waals surface area contributed by atoms with Gasteiger partial charge in [-0.15, -0.1) is 0 Å². The number of carbonyl (C=O) groups excluding carboxylic acids is 2. The minimum Gasteiger partial charge on any atom is -0.337 e. The van der Waals surface area contributed by atoms with E-state index in [9.17, 15) is 9.59 Å². The van der Waals surface area contributed by atoms with Gasteiger partial charge in [0.25, 0.3) is 5.91 Å². The fraction of sp³-hybridized carbons (Fsp3) is 0.261. The first-order valence-corrected chi connectivity index (χ1v) is 9.42. The summed E-state index contributed by atoms with van der Waals surface area (Å²) in [6.45, 7) is 1.17. The molecule has 2 heterocycles. The summed E-state index contributed by atoms with van der Waals surface area (Å²) < 4.78 is 0. The number of fused-ring (bicyclic) bond motifs is 1. The minimum absolute atomic E-state index is 0.0852. The molecular formula is C23H22N2O2. The Bertz CT molecular complexity index is 968. The number of amides is 1. The Morgan fingerprint density at radius 3 is 2.59 bits per heavy atom. The van der Waals surface area contributed by atoms with Gasteiger partial charge in [-0.1, -0.05) is 54.6 Å². The molecule has 1 aromatic heterocycles. The second kappa shape index (κ2) is 7.70. The summed E-state index contributed by atoms with van der Waals surface area (Å²) in [5.41, 5.74) is 2.30. The lowest BCUT2D eigenvalue weighted by Crippen LogP contribution is -2.43. The molecule has 0 saturated carbocycles. The lowest BCUT2D eigenvalue weighted by molar-refractivity contribution is -0.123. The van der Waals surface area contributed by atoms with Gasteiger partial charge in [-0.3, -0.25) is 9.59 Å². The normalized spacial score (nSPS) is 17.0. The van der Waals surface area contributed by atoms with Crippen LogP contribution in [-0.4, -0.2) is 34.7 Å². The number of Topliss-reactive ketones (excluding diaryl/α,β-unsaturated/α-hetero) is 1. The smallest absolute Gasteiger partial charge is 0.272 e. The van der Waals surface area contributed by atoms with Crippen LogP contribution in [0.25, 0.3) is 10.9 Å². The van der Waals surface area contributed by atoms with Crippen molar-refractivity contribution in [1.82, 2.24) is 9.88 Å². The van der Waals surface area contributed by atoms with Crippen LogP contribution in [0.15, 0.2) is 66.7 Å². The van der Waals surface area contributed by atoms with Gasteiger partial charge in [0, 0.05) is 30.8 Å². The first-order valence-electron chi connectivity index (χ1n) is 9.42. The summed E-state index contributed by atoms with van der Waals surface area (Å²) in [4.78, 5) is 31.9. The van der Waals surface area contributed by atoms with E-state index in [4.69, 9.17) is 0 Å². The SMILES string of the molecule is O=C(Cc1ccccc1)[C@H]1CCCN(C(=O)c2ccc3ccccc3n2)C1. The van der Waals surface area contributed by atoms with E-state index in [0.717, 1.165) is 29.3 Å². The van der Waals surface area contributed by atoms with Crippen LogP contribution < -0.4 is 0 Å². The Labute approximate surface area is 158 Å². The van der Waals surface area contributed by atoms with Crippen molar-refractivity contribution in [3.63, 3.8) is 0 Å². The molecule has 3 aromatic rings. The van der Waals surface area contributed by atoms with Crippen molar-refractivity contribution in [1.29, 1.82) is 0 Å². The van der Waals surface area contributed by atoms with Crippen molar-refractivity contribution < 1.29 is 9.59 Å². The Morgan fingerprint density at radius 2 is 1.74 bits per heavy atom.